The molecule has 222 valence electrons. The second-order valence-corrected chi connectivity index (χ2v) is 11.4. The third-order valence-electron chi connectivity index (χ3n) is 8.48. The van der Waals surface area contributed by atoms with Gasteiger partial charge in [0.2, 0.25) is 0 Å². The fourth-order valence-corrected chi connectivity index (χ4v) is 6.04. The summed E-state index contributed by atoms with van der Waals surface area (Å²) in [5.41, 5.74) is 7.51. The van der Waals surface area contributed by atoms with Gasteiger partial charge in [-0.3, -0.25) is 0 Å². The van der Waals surface area contributed by atoms with Gasteiger partial charge in [0.1, 0.15) is 5.75 Å². The van der Waals surface area contributed by atoms with Gasteiger partial charge in [0.15, 0.2) is 0 Å². The van der Waals surface area contributed by atoms with Crippen LogP contribution in [0.25, 0.3) is 0 Å². The first-order valence-electron chi connectivity index (χ1n) is 16.0. The minimum Gasteiger partial charge on any atom is -0.496 e. The van der Waals surface area contributed by atoms with Crippen molar-refractivity contribution in [1.82, 2.24) is 0 Å². The lowest BCUT2D eigenvalue weighted by atomic mass is 9.85. The first-order chi connectivity index (χ1) is 20.1. The number of hydrogen-bond acceptors (Lipinski definition) is 3. The normalized spacial score (nSPS) is 11.8. The Morgan fingerprint density at radius 1 is 0.707 bits per heavy atom. The zero-order valence-corrected chi connectivity index (χ0v) is 26.1. The van der Waals surface area contributed by atoms with Crippen molar-refractivity contribution < 1.29 is 14.3 Å². The maximum Gasteiger partial charge on any atom is 0.337 e. The molecule has 0 aliphatic carbocycles. The van der Waals surface area contributed by atoms with E-state index >= 15 is 0 Å². The summed E-state index contributed by atoms with van der Waals surface area (Å²) in [5, 5.41) is 0. The van der Waals surface area contributed by atoms with Crippen LogP contribution in [0.15, 0.2) is 66.7 Å². The predicted molar refractivity (Wildman–Crippen MR) is 172 cm³/mol. The molecule has 3 heteroatoms. The van der Waals surface area contributed by atoms with E-state index in [1.165, 1.54) is 106 Å². The predicted octanol–water partition coefficient (Wildman–Crippen LogP) is 9.76. The quantitative estimate of drug-likeness (QED) is 0.109. The van der Waals surface area contributed by atoms with Crippen molar-refractivity contribution in [3.05, 3.63) is 100 Å². The van der Waals surface area contributed by atoms with Crippen molar-refractivity contribution in [2.75, 3.05) is 14.2 Å². The summed E-state index contributed by atoms with van der Waals surface area (Å²) in [6.45, 7) is 4.43. The first-order valence-corrected chi connectivity index (χ1v) is 16.0. The largest absolute Gasteiger partial charge is 0.496 e. The van der Waals surface area contributed by atoms with Crippen LogP contribution in [0.5, 0.6) is 5.75 Å². The molecule has 0 aromatic heterocycles. The Kier molecular flexibility index (Phi) is 14.5. The van der Waals surface area contributed by atoms with E-state index in [1.54, 1.807) is 7.11 Å². The monoisotopic (exact) mass is 556 g/mol. The number of ether oxygens (including phenoxy) is 2. The van der Waals surface area contributed by atoms with Crippen LogP contribution < -0.4 is 4.74 Å². The fraction of sp³-hybridized carbons (Fsp3) is 0.500. The SMILES string of the molecule is CCCCCC(CCc1ccccc1CCCCCCc1ccccc1)Cc1c(CC)cc(C(=O)OC)cc1OC. The van der Waals surface area contributed by atoms with E-state index in [-0.39, 0.29) is 5.97 Å². The van der Waals surface area contributed by atoms with Crippen LogP contribution in [0.4, 0.5) is 0 Å². The molecule has 3 aromatic rings. The summed E-state index contributed by atoms with van der Waals surface area (Å²) < 4.78 is 10.8. The Hall–Kier alpha value is -3.07. The van der Waals surface area contributed by atoms with E-state index in [0.717, 1.165) is 25.0 Å². The molecule has 1 unspecified atom stereocenters. The van der Waals surface area contributed by atoms with Gasteiger partial charge < -0.3 is 9.47 Å². The van der Waals surface area contributed by atoms with E-state index in [0.29, 0.717) is 11.5 Å². The first kappa shape index (κ1) is 32.4. The molecule has 41 heavy (non-hydrogen) atoms. The highest BCUT2D eigenvalue weighted by Gasteiger charge is 2.19. The molecule has 0 amide bonds. The Labute approximate surface area is 249 Å². The molecule has 3 aromatic carbocycles. The topological polar surface area (TPSA) is 35.5 Å². The molecule has 3 nitrogen and oxygen atoms in total. The van der Waals surface area contributed by atoms with Gasteiger partial charge in [0, 0.05) is 0 Å². The van der Waals surface area contributed by atoms with Crippen LogP contribution in [0, 0.1) is 5.92 Å². The van der Waals surface area contributed by atoms with E-state index < -0.39 is 0 Å². The number of aryl methyl sites for hydroxylation is 4. The van der Waals surface area contributed by atoms with Crippen molar-refractivity contribution in [1.29, 1.82) is 0 Å². The fourth-order valence-electron chi connectivity index (χ4n) is 6.04. The molecular formula is C38H52O3. The maximum atomic E-state index is 12.3. The van der Waals surface area contributed by atoms with Crippen molar-refractivity contribution in [2.45, 2.75) is 104 Å². The Morgan fingerprint density at radius 2 is 1.39 bits per heavy atom. The number of benzene rings is 3. The van der Waals surface area contributed by atoms with Gasteiger partial charge in [-0.05, 0) is 97.2 Å². The number of esters is 1. The zero-order valence-electron chi connectivity index (χ0n) is 26.1. The molecule has 0 N–H and O–H groups in total. The second-order valence-electron chi connectivity index (χ2n) is 11.4. The van der Waals surface area contributed by atoms with Gasteiger partial charge in [-0.1, -0.05) is 107 Å². The number of unbranched alkanes of at least 4 members (excludes halogenated alkanes) is 5. The number of carbonyl (C=O) groups is 1. The van der Waals surface area contributed by atoms with Crippen LogP contribution in [0.3, 0.4) is 0 Å². The van der Waals surface area contributed by atoms with Crippen LogP contribution >= 0.6 is 0 Å². The molecule has 0 aliphatic rings. The lowest BCUT2D eigenvalue weighted by Gasteiger charge is -2.22. The molecule has 0 saturated carbocycles. The summed E-state index contributed by atoms with van der Waals surface area (Å²) >= 11 is 0. The van der Waals surface area contributed by atoms with Crippen LogP contribution in [-0.2, 0) is 36.8 Å². The summed E-state index contributed by atoms with van der Waals surface area (Å²) in [6.07, 6.45) is 16.6. The van der Waals surface area contributed by atoms with Gasteiger partial charge in [0.25, 0.3) is 0 Å². The summed E-state index contributed by atoms with van der Waals surface area (Å²) in [5.74, 6) is 1.09. The zero-order chi connectivity index (χ0) is 29.3. The molecular weight excluding hydrogens is 504 g/mol. The number of rotatable bonds is 19. The van der Waals surface area contributed by atoms with Crippen molar-refractivity contribution in [3.8, 4) is 5.75 Å². The second kappa shape index (κ2) is 18.4. The Balaban J connectivity index is 1.62. The highest BCUT2D eigenvalue weighted by Crippen LogP contribution is 2.32. The molecule has 0 aliphatic heterocycles. The van der Waals surface area contributed by atoms with E-state index in [9.17, 15) is 4.79 Å². The van der Waals surface area contributed by atoms with Crippen molar-refractivity contribution in [3.63, 3.8) is 0 Å². The highest BCUT2D eigenvalue weighted by molar-refractivity contribution is 5.90. The minimum absolute atomic E-state index is 0.308. The molecule has 0 heterocycles. The van der Waals surface area contributed by atoms with Gasteiger partial charge in [0.05, 0.1) is 19.8 Å². The summed E-state index contributed by atoms with van der Waals surface area (Å²) in [4.78, 5) is 12.3. The van der Waals surface area contributed by atoms with E-state index in [4.69, 9.17) is 9.47 Å². The number of hydrogen-bond donors (Lipinski definition) is 0. The van der Waals surface area contributed by atoms with E-state index in [2.05, 4.69) is 68.4 Å². The lowest BCUT2D eigenvalue weighted by molar-refractivity contribution is 0.0600. The average Bonchev–Trinajstić information content (AvgIpc) is 3.01. The number of methoxy groups -OCH3 is 2. The summed E-state index contributed by atoms with van der Waals surface area (Å²) in [7, 11) is 3.14. The van der Waals surface area contributed by atoms with Gasteiger partial charge in [-0.25, -0.2) is 4.79 Å². The molecule has 1 atom stereocenters. The smallest absolute Gasteiger partial charge is 0.337 e. The molecule has 0 bridgehead atoms. The molecule has 0 saturated heterocycles. The van der Waals surface area contributed by atoms with Gasteiger partial charge in [-0.15, -0.1) is 0 Å². The Morgan fingerprint density at radius 3 is 2.05 bits per heavy atom. The third kappa shape index (κ3) is 10.7. The van der Waals surface area contributed by atoms with Crippen molar-refractivity contribution >= 4 is 5.97 Å². The maximum absolute atomic E-state index is 12.3. The minimum atomic E-state index is -0.308. The molecule has 0 radical (unpaired) electrons. The third-order valence-corrected chi connectivity index (χ3v) is 8.48. The van der Waals surface area contributed by atoms with Crippen molar-refractivity contribution in [2.24, 2.45) is 5.92 Å². The van der Waals surface area contributed by atoms with Gasteiger partial charge in [-0.2, -0.15) is 0 Å². The molecule has 0 fully saturated rings. The standard InChI is InChI=1S/C38H52O3/c1-5-7-11-21-31(27-36-32(6-2)28-35(38(39)41-4)29-37(36)40-3)25-26-34-24-17-16-23-33(34)22-15-9-8-12-18-30-19-13-10-14-20-30/h10,13-14,16-17,19-20,23-24,28-29,31H,5-9,11-12,15,18,21-22,25-27H2,1-4H3. The van der Waals surface area contributed by atoms with Gasteiger partial charge >= 0.3 is 5.97 Å². The molecule has 3 rings (SSSR count). The highest BCUT2D eigenvalue weighted by atomic mass is 16.5. The Bertz CT molecular complexity index is 1140. The lowest BCUT2D eigenvalue weighted by Crippen LogP contribution is -2.12. The van der Waals surface area contributed by atoms with Crippen LogP contribution in [0.1, 0.15) is 110 Å². The number of carbonyl (C=O) groups excluding carboxylic acids is 1. The van der Waals surface area contributed by atoms with E-state index in [1.807, 2.05) is 12.1 Å². The summed E-state index contributed by atoms with van der Waals surface area (Å²) in [6, 6.07) is 23.8. The van der Waals surface area contributed by atoms with Crippen LogP contribution in [-0.4, -0.2) is 20.2 Å². The average molecular weight is 557 g/mol. The molecule has 0 spiro atoms. The van der Waals surface area contributed by atoms with Crippen LogP contribution in [0.2, 0.25) is 0 Å².